The van der Waals surface area contributed by atoms with Gasteiger partial charge in [0.1, 0.15) is 24.1 Å². The first-order chi connectivity index (χ1) is 18.8. The molecule has 3 heterocycles. The summed E-state index contributed by atoms with van der Waals surface area (Å²) in [5.74, 6) is -4.32. The van der Waals surface area contributed by atoms with Crippen LogP contribution in [-0.2, 0) is 6.52 Å². The average Bonchev–Trinajstić information content (AvgIpc) is 3.31. The maximum Gasteiger partial charge on any atom is 0.162 e. The summed E-state index contributed by atoms with van der Waals surface area (Å²) < 4.78 is 103. The molecule has 1 atom stereocenters. The highest BCUT2D eigenvalue weighted by molar-refractivity contribution is 7.18. The van der Waals surface area contributed by atoms with E-state index in [0.29, 0.717) is 16.6 Å². The Hall–Kier alpha value is -2.34. The number of rotatable bonds is 5. The van der Waals surface area contributed by atoms with Crippen molar-refractivity contribution in [1.82, 2.24) is 19.9 Å². The standard InChI is InChI=1S/C21H22ClFN6S/c1-12(2)20-28-18-19(25-11-26-21(18)30-20)27-15-3-5-29(6-4-15)10-13-7-14(9-24)17(23)16(22)8-13/h7-8,11-12,15H,3-6,10H2,1-2H3,(H,25,26,27)/i1D3,2D3,10D,11D,12D,15D/hD. The Morgan fingerprint density at radius 1 is 1.57 bits per heavy atom. The number of likely N-dealkylation sites (tertiary alicyclic amines) is 1. The molecule has 4 rings (SSSR count). The molecule has 1 aliphatic heterocycles. The predicted molar refractivity (Wildman–Crippen MR) is 117 cm³/mol. The summed E-state index contributed by atoms with van der Waals surface area (Å²) in [5, 5.41) is 8.95. The fourth-order valence-electron chi connectivity index (χ4n) is 3.04. The zero-order valence-electron chi connectivity index (χ0n) is 26.4. The van der Waals surface area contributed by atoms with Crippen LogP contribution in [0.15, 0.2) is 18.4 Å². The molecule has 0 amide bonds. The van der Waals surface area contributed by atoms with E-state index in [4.69, 9.17) is 32.0 Å². The fourth-order valence-corrected chi connectivity index (χ4v) is 4.01. The van der Waals surface area contributed by atoms with Gasteiger partial charge >= 0.3 is 0 Å². The summed E-state index contributed by atoms with van der Waals surface area (Å²) in [7, 11) is 0. The number of benzene rings is 1. The van der Waals surface area contributed by atoms with Crippen LogP contribution in [0.1, 0.15) is 62.3 Å². The van der Waals surface area contributed by atoms with E-state index in [-0.39, 0.29) is 58.2 Å². The molecule has 1 aromatic carbocycles. The van der Waals surface area contributed by atoms with Crippen LogP contribution in [0.3, 0.4) is 0 Å². The van der Waals surface area contributed by atoms with Gasteiger partial charge in [0.15, 0.2) is 13.0 Å². The first-order valence-electron chi connectivity index (χ1n) is 14.4. The van der Waals surface area contributed by atoms with E-state index in [1.807, 2.05) is 0 Å². The SMILES string of the molecule is [2H]c1nc(N([2H])C2([2H])CCN(C([2H])c3cc(Cl)c(F)c(C#N)c3)CC2)c2nc(C([2H])(C([2H])([2H])[2H])C([2H])([2H])[2H])sc2n1. The van der Waals surface area contributed by atoms with Crippen LogP contribution in [0, 0.1) is 17.1 Å². The number of piperidine rings is 1. The number of nitrogens with zero attached hydrogens (tertiary/aromatic N) is 5. The van der Waals surface area contributed by atoms with Crippen LogP contribution in [-0.4, -0.2) is 39.0 Å². The van der Waals surface area contributed by atoms with Crippen molar-refractivity contribution in [3.63, 3.8) is 0 Å². The van der Waals surface area contributed by atoms with Crippen LogP contribution >= 0.6 is 22.9 Å². The monoisotopic (exact) mass is 455 g/mol. The van der Waals surface area contributed by atoms with E-state index < -0.39 is 49.3 Å². The number of thiazole rings is 1. The van der Waals surface area contributed by atoms with Gasteiger partial charge in [-0.15, -0.1) is 0 Å². The lowest BCUT2D eigenvalue weighted by Gasteiger charge is -2.32. The number of hydrogen-bond donors (Lipinski definition) is 1. The van der Waals surface area contributed by atoms with Crippen LogP contribution in [0.25, 0.3) is 10.3 Å². The van der Waals surface area contributed by atoms with Crippen LogP contribution in [0.4, 0.5) is 10.2 Å². The third kappa shape index (κ3) is 4.38. The third-order valence-electron chi connectivity index (χ3n) is 4.48. The van der Waals surface area contributed by atoms with Gasteiger partial charge in [-0.1, -0.05) is 36.6 Å². The topological polar surface area (TPSA) is 77.7 Å². The number of hydrogen-bond acceptors (Lipinski definition) is 7. The van der Waals surface area contributed by atoms with Crippen molar-refractivity contribution in [2.75, 3.05) is 18.4 Å². The summed E-state index contributed by atoms with van der Waals surface area (Å²) in [6.07, 6.45) is -0.587. The molecule has 1 aliphatic rings. The van der Waals surface area contributed by atoms with E-state index in [9.17, 15) is 4.39 Å². The Labute approximate surface area is 199 Å². The molecule has 0 radical (unpaired) electrons. The second-order valence-electron chi connectivity index (χ2n) is 6.51. The highest BCUT2D eigenvalue weighted by atomic mass is 35.5. The molecular weight excluding hydrogens is 423 g/mol. The van der Waals surface area contributed by atoms with Gasteiger partial charge in [-0.05, 0) is 30.5 Å². The molecule has 1 N–H and O–H groups in total. The number of fused-ring (bicyclic) bond motifs is 1. The predicted octanol–water partition coefficient (Wildman–Crippen LogP) is 4.95. The van der Waals surface area contributed by atoms with Crippen molar-refractivity contribution in [3.8, 4) is 6.07 Å². The maximum absolute atomic E-state index is 14.0. The Kier molecular flexibility index (Phi) is 3.32. The van der Waals surface area contributed by atoms with Crippen molar-refractivity contribution in [2.45, 2.75) is 45.0 Å². The number of nitriles is 1. The highest BCUT2D eigenvalue weighted by Crippen LogP contribution is 2.30. The molecule has 3 aromatic rings. The molecule has 30 heavy (non-hydrogen) atoms. The summed E-state index contributed by atoms with van der Waals surface area (Å²) in [6.45, 7) is -7.39. The van der Waals surface area contributed by atoms with Gasteiger partial charge in [0.25, 0.3) is 0 Å². The summed E-state index contributed by atoms with van der Waals surface area (Å²) in [6, 6.07) is 2.53. The van der Waals surface area contributed by atoms with E-state index in [0.717, 1.165) is 0 Å². The molecule has 1 fully saturated rings. The Morgan fingerprint density at radius 3 is 3.10 bits per heavy atom. The largest absolute Gasteiger partial charge is 0.365 e. The quantitative estimate of drug-likeness (QED) is 0.586. The molecule has 0 saturated carbocycles. The Morgan fingerprint density at radius 2 is 2.37 bits per heavy atom. The van der Waals surface area contributed by atoms with Gasteiger partial charge in [0, 0.05) is 42.5 Å². The van der Waals surface area contributed by atoms with Crippen LogP contribution in [0.5, 0.6) is 0 Å². The zero-order chi connectivity index (χ0) is 30.7. The number of nitrogens with one attached hydrogen (secondary N) is 1. The van der Waals surface area contributed by atoms with Gasteiger partial charge < -0.3 is 5.31 Å². The van der Waals surface area contributed by atoms with Gasteiger partial charge in [-0.25, -0.2) is 19.3 Å². The van der Waals surface area contributed by atoms with Crippen molar-refractivity contribution in [2.24, 2.45) is 0 Å². The highest BCUT2D eigenvalue weighted by Gasteiger charge is 2.22. The molecule has 156 valence electrons. The van der Waals surface area contributed by atoms with Gasteiger partial charge in [-0.2, -0.15) is 5.26 Å². The minimum Gasteiger partial charge on any atom is -0.365 e. The third-order valence-corrected chi connectivity index (χ3v) is 5.73. The zero-order valence-corrected chi connectivity index (χ0v) is 17.0. The molecule has 1 saturated heterocycles. The summed E-state index contributed by atoms with van der Waals surface area (Å²) in [4.78, 5) is 13.4. The molecule has 2 aromatic heterocycles. The van der Waals surface area contributed by atoms with Gasteiger partial charge in [-0.3, -0.25) is 4.90 Å². The smallest absolute Gasteiger partial charge is 0.162 e. The van der Waals surface area contributed by atoms with E-state index in [1.165, 1.54) is 12.1 Å². The van der Waals surface area contributed by atoms with Crippen molar-refractivity contribution >= 4 is 39.1 Å². The number of anilines is 1. The summed E-state index contributed by atoms with van der Waals surface area (Å²) >= 11 is 6.38. The van der Waals surface area contributed by atoms with E-state index in [1.54, 1.807) is 11.0 Å². The lowest BCUT2D eigenvalue weighted by Crippen LogP contribution is -2.38. The summed E-state index contributed by atoms with van der Waals surface area (Å²) in [5.41, 5.74) is -0.232. The van der Waals surface area contributed by atoms with Gasteiger partial charge in [0.05, 0.1) is 17.0 Å². The second-order valence-corrected chi connectivity index (χ2v) is 7.90. The number of aromatic nitrogens is 3. The normalized spacial score (nSPS) is 24.2. The van der Waals surface area contributed by atoms with Crippen LogP contribution < -0.4 is 5.31 Å². The fraction of sp³-hybridized carbons (Fsp3) is 0.429. The maximum atomic E-state index is 14.0. The Bertz CT molecular complexity index is 1500. The second kappa shape index (κ2) is 8.80. The number of halogens is 2. The molecule has 6 nitrogen and oxygen atoms in total. The van der Waals surface area contributed by atoms with Crippen molar-refractivity contribution in [3.05, 3.63) is 45.4 Å². The van der Waals surface area contributed by atoms with E-state index in [2.05, 4.69) is 15.0 Å². The molecule has 0 bridgehead atoms. The molecule has 1 unspecified atom stereocenters. The minimum absolute atomic E-state index is 0.00530. The first kappa shape index (κ1) is 11.3. The van der Waals surface area contributed by atoms with Crippen molar-refractivity contribution < 1.29 is 19.5 Å². The van der Waals surface area contributed by atoms with Gasteiger partial charge in [0.2, 0.25) is 0 Å². The van der Waals surface area contributed by atoms with Crippen molar-refractivity contribution in [1.29, 1.82) is 5.26 Å². The van der Waals surface area contributed by atoms with Crippen LogP contribution in [0.2, 0.25) is 6.43 Å². The molecule has 0 aliphatic carbocycles. The molecular formula is C21H22ClFN6S. The lowest BCUT2D eigenvalue weighted by atomic mass is 10.0. The minimum atomic E-state index is -3.30. The van der Waals surface area contributed by atoms with E-state index >= 15 is 0 Å². The average molecular weight is 456 g/mol. The first-order valence-corrected chi connectivity index (χ1v) is 10.0. The molecule has 9 heteroatoms. The molecule has 0 spiro atoms. The Balaban J connectivity index is 1.64. The lowest BCUT2D eigenvalue weighted by molar-refractivity contribution is 0.211.